The Morgan fingerprint density at radius 1 is 1.00 bits per heavy atom. The average molecular weight is 490 g/mol. The number of rotatable bonds is 7. The smallest absolute Gasteiger partial charge is 0.160 e. The van der Waals surface area contributed by atoms with E-state index in [1.165, 1.54) is 50.8 Å². The largest absolute Gasteiger partial charge is 0.308 e. The molecular formula is C30H40FN5. The summed E-state index contributed by atoms with van der Waals surface area (Å²) in [6, 6.07) is 11.0. The molecule has 0 bridgehead atoms. The van der Waals surface area contributed by atoms with E-state index in [1.54, 1.807) is 6.08 Å². The number of aryl methyl sites for hydroxylation is 3. The summed E-state index contributed by atoms with van der Waals surface area (Å²) in [5, 5.41) is 0. The molecule has 5 nitrogen and oxygen atoms in total. The summed E-state index contributed by atoms with van der Waals surface area (Å²) in [7, 11) is 0. The highest BCUT2D eigenvalue weighted by molar-refractivity contribution is 5.76. The van der Waals surface area contributed by atoms with Crippen molar-refractivity contribution in [1.29, 1.82) is 0 Å². The van der Waals surface area contributed by atoms with Crippen LogP contribution in [-0.2, 0) is 13.0 Å². The molecule has 0 unspecified atom stereocenters. The molecule has 192 valence electrons. The fraction of sp³-hybridized carbons (Fsp3) is 0.533. The standard InChI is InChI=1S/C30H40FN5/c1-4-28-33-29-22(2)18-23(3)32-30(29)36(28)20-25-10-8-24(9-11-25)19-26(31)21-34-16-12-27(13-17-34)35-14-6-5-7-15-35/h8-11,18-19,27H,4-7,12-17,20-21H2,1-3H3/b26-19-. The summed E-state index contributed by atoms with van der Waals surface area (Å²) in [6.07, 6.45) is 8.94. The van der Waals surface area contributed by atoms with E-state index in [0.717, 1.165) is 53.3 Å². The number of pyridine rings is 1. The minimum absolute atomic E-state index is 0.0526. The van der Waals surface area contributed by atoms with Crippen LogP contribution < -0.4 is 0 Å². The van der Waals surface area contributed by atoms with Gasteiger partial charge in [0.1, 0.15) is 17.2 Å². The van der Waals surface area contributed by atoms with Gasteiger partial charge in [-0.1, -0.05) is 37.6 Å². The minimum Gasteiger partial charge on any atom is -0.308 e. The average Bonchev–Trinajstić information content (AvgIpc) is 3.23. The SMILES string of the molecule is CCc1nc2c(C)cc(C)nc2n1Cc1ccc(/C=C(\F)CN2CCC(N3CCCCC3)CC2)cc1. The van der Waals surface area contributed by atoms with Crippen LogP contribution in [0.5, 0.6) is 0 Å². The van der Waals surface area contributed by atoms with Crippen LogP contribution in [0, 0.1) is 13.8 Å². The van der Waals surface area contributed by atoms with Gasteiger partial charge in [-0.3, -0.25) is 4.90 Å². The first-order valence-electron chi connectivity index (χ1n) is 13.7. The summed E-state index contributed by atoms with van der Waals surface area (Å²) >= 11 is 0. The van der Waals surface area contributed by atoms with Gasteiger partial charge in [0.15, 0.2) is 5.65 Å². The van der Waals surface area contributed by atoms with E-state index < -0.39 is 0 Å². The summed E-state index contributed by atoms with van der Waals surface area (Å²) in [5.41, 5.74) is 6.19. The van der Waals surface area contributed by atoms with Crippen LogP contribution in [0.4, 0.5) is 4.39 Å². The molecule has 3 aromatic rings. The number of imidazole rings is 1. The molecular weight excluding hydrogens is 449 g/mol. The van der Waals surface area contributed by atoms with Gasteiger partial charge in [0.25, 0.3) is 0 Å². The maximum atomic E-state index is 14.9. The molecule has 0 N–H and O–H groups in total. The lowest BCUT2D eigenvalue weighted by Gasteiger charge is -2.40. The van der Waals surface area contributed by atoms with Gasteiger partial charge in [-0.05, 0) is 81.5 Å². The Hall–Kier alpha value is -2.57. The van der Waals surface area contributed by atoms with Gasteiger partial charge >= 0.3 is 0 Å². The zero-order valence-corrected chi connectivity index (χ0v) is 22.1. The zero-order chi connectivity index (χ0) is 25.1. The fourth-order valence-electron chi connectivity index (χ4n) is 5.95. The van der Waals surface area contributed by atoms with Gasteiger partial charge in [-0.2, -0.15) is 0 Å². The molecule has 4 heterocycles. The number of hydrogen-bond donors (Lipinski definition) is 0. The third kappa shape index (κ3) is 5.70. The lowest BCUT2D eigenvalue weighted by molar-refractivity contribution is 0.0945. The second-order valence-electron chi connectivity index (χ2n) is 10.7. The minimum atomic E-state index is -0.0526. The Bertz CT molecular complexity index is 1200. The molecule has 6 heteroatoms. The topological polar surface area (TPSA) is 37.2 Å². The van der Waals surface area contributed by atoms with Crippen molar-refractivity contribution in [3.8, 4) is 0 Å². The lowest BCUT2D eigenvalue weighted by atomic mass is 10.00. The highest BCUT2D eigenvalue weighted by atomic mass is 19.1. The fourth-order valence-corrected chi connectivity index (χ4v) is 5.95. The molecule has 36 heavy (non-hydrogen) atoms. The van der Waals surface area contributed by atoms with Crippen molar-refractivity contribution in [3.63, 3.8) is 0 Å². The Morgan fingerprint density at radius 3 is 2.42 bits per heavy atom. The van der Waals surface area contributed by atoms with Crippen LogP contribution in [0.15, 0.2) is 36.2 Å². The molecule has 0 saturated carbocycles. The summed E-state index contributed by atoms with van der Waals surface area (Å²) < 4.78 is 17.1. The van der Waals surface area contributed by atoms with Crippen LogP contribution >= 0.6 is 0 Å². The van der Waals surface area contributed by atoms with Gasteiger partial charge < -0.3 is 9.47 Å². The highest BCUT2D eigenvalue weighted by Crippen LogP contribution is 2.23. The van der Waals surface area contributed by atoms with E-state index in [-0.39, 0.29) is 5.83 Å². The van der Waals surface area contributed by atoms with Gasteiger partial charge in [-0.25, -0.2) is 14.4 Å². The van der Waals surface area contributed by atoms with Gasteiger partial charge in [0.05, 0.1) is 13.1 Å². The second kappa shape index (κ2) is 11.2. The molecule has 0 radical (unpaired) electrons. The highest BCUT2D eigenvalue weighted by Gasteiger charge is 2.25. The predicted molar refractivity (Wildman–Crippen MR) is 146 cm³/mol. The number of halogens is 1. The number of aromatic nitrogens is 3. The number of benzene rings is 1. The molecule has 0 atom stereocenters. The molecule has 2 aliphatic rings. The number of likely N-dealkylation sites (tertiary alicyclic amines) is 2. The third-order valence-electron chi connectivity index (χ3n) is 7.90. The van der Waals surface area contributed by atoms with Crippen molar-refractivity contribution in [2.75, 3.05) is 32.7 Å². The third-order valence-corrected chi connectivity index (χ3v) is 7.90. The van der Waals surface area contributed by atoms with Crippen LogP contribution in [0.2, 0.25) is 0 Å². The van der Waals surface area contributed by atoms with Crippen LogP contribution in [0.1, 0.15) is 67.2 Å². The summed E-state index contributed by atoms with van der Waals surface area (Å²) in [6.45, 7) is 11.9. The normalized spacial score (nSPS) is 18.8. The number of nitrogens with zero attached hydrogens (tertiary/aromatic N) is 5. The summed E-state index contributed by atoms with van der Waals surface area (Å²) in [4.78, 5) is 14.6. The van der Waals surface area contributed by atoms with Crippen molar-refractivity contribution in [1.82, 2.24) is 24.3 Å². The summed E-state index contributed by atoms with van der Waals surface area (Å²) in [5.74, 6) is 0.994. The predicted octanol–water partition coefficient (Wildman–Crippen LogP) is 5.92. The maximum Gasteiger partial charge on any atom is 0.160 e. The zero-order valence-electron chi connectivity index (χ0n) is 22.1. The Morgan fingerprint density at radius 2 is 1.72 bits per heavy atom. The van der Waals surface area contributed by atoms with Crippen molar-refractivity contribution < 1.29 is 4.39 Å². The quantitative estimate of drug-likeness (QED) is 0.413. The van der Waals surface area contributed by atoms with E-state index in [1.807, 2.05) is 19.1 Å². The first-order valence-corrected chi connectivity index (χ1v) is 13.7. The van der Waals surface area contributed by atoms with Crippen molar-refractivity contribution in [2.45, 2.75) is 71.9 Å². The van der Waals surface area contributed by atoms with Crippen LogP contribution in [-0.4, -0.2) is 63.1 Å². The first-order chi connectivity index (χ1) is 17.5. The molecule has 0 aliphatic carbocycles. The van der Waals surface area contributed by atoms with Gasteiger partial charge in [-0.15, -0.1) is 0 Å². The van der Waals surface area contributed by atoms with Gasteiger partial charge in [0.2, 0.25) is 0 Å². The van der Waals surface area contributed by atoms with E-state index in [4.69, 9.17) is 9.97 Å². The van der Waals surface area contributed by atoms with Crippen molar-refractivity contribution in [2.24, 2.45) is 0 Å². The van der Waals surface area contributed by atoms with E-state index >= 15 is 0 Å². The molecule has 2 fully saturated rings. The Balaban J connectivity index is 1.20. The maximum absolute atomic E-state index is 14.9. The molecule has 5 rings (SSSR count). The Kier molecular flexibility index (Phi) is 7.82. The molecule has 1 aromatic carbocycles. The molecule has 2 aromatic heterocycles. The number of hydrogen-bond acceptors (Lipinski definition) is 4. The van der Waals surface area contributed by atoms with Crippen molar-refractivity contribution in [3.05, 3.63) is 64.4 Å². The Labute approximate surface area is 215 Å². The van der Waals surface area contributed by atoms with Gasteiger partial charge in [0, 0.05) is 31.2 Å². The molecule has 2 saturated heterocycles. The van der Waals surface area contributed by atoms with Crippen LogP contribution in [0.3, 0.4) is 0 Å². The van der Waals surface area contributed by atoms with E-state index in [2.05, 4.69) is 46.4 Å². The first kappa shape index (κ1) is 25.1. The number of piperidine rings is 2. The van der Waals surface area contributed by atoms with Crippen LogP contribution in [0.25, 0.3) is 17.2 Å². The molecule has 0 amide bonds. The second-order valence-corrected chi connectivity index (χ2v) is 10.7. The monoisotopic (exact) mass is 489 g/mol. The van der Waals surface area contributed by atoms with Crippen molar-refractivity contribution >= 4 is 17.2 Å². The van der Waals surface area contributed by atoms with E-state index in [9.17, 15) is 4.39 Å². The number of fused-ring (bicyclic) bond motifs is 1. The van der Waals surface area contributed by atoms with E-state index in [0.29, 0.717) is 19.1 Å². The lowest BCUT2D eigenvalue weighted by Crippen LogP contribution is -2.46. The molecule has 2 aliphatic heterocycles. The molecule has 0 spiro atoms.